The van der Waals surface area contributed by atoms with Gasteiger partial charge in [-0.3, -0.25) is 9.79 Å². The Hall–Kier alpha value is -3.20. The van der Waals surface area contributed by atoms with Gasteiger partial charge in [0.05, 0.1) is 0 Å². The van der Waals surface area contributed by atoms with Gasteiger partial charge in [-0.1, -0.05) is 87.1 Å². The maximum absolute atomic E-state index is 13.1. The highest BCUT2D eigenvalue weighted by atomic mass is 16.1. The summed E-state index contributed by atoms with van der Waals surface area (Å²) in [7, 11) is 0. The molecule has 3 unspecified atom stereocenters. The quantitative estimate of drug-likeness (QED) is 0.374. The van der Waals surface area contributed by atoms with Gasteiger partial charge >= 0.3 is 0 Å². The van der Waals surface area contributed by atoms with E-state index in [0.29, 0.717) is 23.3 Å². The van der Waals surface area contributed by atoms with Gasteiger partial charge in [-0.15, -0.1) is 0 Å². The van der Waals surface area contributed by atoms with Crippen molar-refractivity contribution in [1.29, 1.82) is 0 Å². The fraction of sp³-hybridized carbons (Fsp3) is 0.459. The highest BCUT2D eigenvalue weighted by Gasteiger charge is 2.30. The molecule has 40 heavy (non-hydrogen) atoms. The van der Waals surface area contributed by atoms with E-state index in [-0.39, 0.29) is 5.91 Å². The summed E-state index contributed by atoms with van der Waals surface area (Å²) >= 11 is 0. The first-order valence-electron chi connectivity index (χ1n) is 15.7. The second kappa shape index (κ2) is 12.1. The minimum Gasteiger partial charge on any atom is -0.322 e. The third kappa shape index (κ3) is 5.94. The molecule has 4 aliphatic carbocycles. The maximum Gasteiger partial charge on any atom is 0.255 e. The van der Waals surface area contributed by atoms with Crippen LogP contribution < -0.4 is 5.32 Å². The molecule has 1 heterocycles. The van der Waals surface area contributed by atoms with Crippen molar-refractivity contribution >= 4 is 12.1 Å². The van der Waals surface area contributed by atoms with Crippen molar-refractivity contribution in [2.24, 2.45) is 28.7 Å². The molecule has 0 saturated heterocycles. The summed E-state index contributed by atoms with van der Waals surface area (Å²) in [5.74, 6) is 2.20. The van der Waals surface area contributed by atoms with Crippen LogP contribution >= 0.6 is 0 Å². The van der Waals surface area contributed by atoms with E-state index in [9.17, 15) is 4.79 Å². The standard InChI is InChI=1S/C37H44N2O/c1-25-12-16-29-20-21-38-35(23-28-8-4-3-5-9-28)36(29)34(25)19-15-27-13-17-30(18-14-27)37(40)39-32-22-26(2)33-11-7-6-10-31(33)24-32/h6-7,10-11,13-14,17-18,21-22,24,26,28-29,33H,3-5,8-9,12,15-16,19-20,23H2,1-2H3,(H,39,40). The number of aliphatic imine (C=N–C) groups is 1. The lowest BCUT2D eigenvalue weighted by molar-refractivity contribution is 0.0966. The predicted octanol–water partition coefficient (Wildman–Crippen LogP) is 8.98. The molecule has 1 fully saturated rings. The van der Waals surface area contributed by atoms with Gasteiger partial charge in [-0.05, 0) is 104 Å². The Labute approximate surface area is 240 Å². The molecule has 0 spiro atoms. The van der Waals surface area contributed by atoms with Crippen molar-refractivity contribution in [2.45, 2.75) is 84.5 Å². The van der Waals surface area contributed by atoms with E-state index >= 15 is 0 Å². The van der Waals surface area contributed by atoms with E-state index in [4.69, 9.17) is 4.99 Å². The van der Waals surface area contributed by atoms with Crippen LogP contribution in [0.5, 0.6) is 0 Å². The van der Waals surface area contributed by atoms with Crippen molar-refractivity contribution in [3.63, 3.8) is 0 Å². The zero-order valence-electron chi connectivity index (χ0n) is 24.3. The van der Waals surface area contributed by atoms with Gasteiger partial charge in [0.15, 0.2) is 0 Å². The number of allylic oxidation sites excluding steroid dienone is 11. The third-order valence-electron chi connectivity index (χ3n) is 9.84. The van der Waals surface area contributed by atoms with Crippen LogP contribution in [0.1, 0.15) is 94.0 Å². The largest absolute Gasteiger partial charge is 0.322 e. The Morgan fingerprint density at radius 3 is 2.67 bits per heavy atom. The Kier molecular flexibility index (Phi) is 8.18. The zero-order valence-corrected chi connectivity index (χ0v) is 24.3. The van der Waals surface area contributed by atoms with Crippen LogP contribution in [0.2, 0.25) is 0 Å². The summed E-state index contributed by atoms with van der Waals surface area (Å²) in [4.78, 5) is 18.1. The molecular formula is C37H44N2O. The van der Waals surface area contributed by atoms with Crippen molar-refractivity contribution in [3.05, 3.63) is 106 Å². The fourth-order valence-electron chi connectivity index (χ4n) is 7.53. The van der Waals surface area contributed by atoms with Gasteiger partial charge < -0.3 is 5.32 Å². The second-order valence-electron chi connectivity index (χ2n) is 12.7. The number of rotatable bonds is 7. The normalized spacial score (nSPS) is 26.3. The van der Waals surface area contributed by atoms with Crippen LogP contribution in [0.15, 0.2) is 99.4 Å². The number of hydrogen-bond donors (Lipinski definition) is 1. The third-order valence-corrected chi connectivity index (χ3v) is 9.84. The van der Waals surface area contributed by atoms with Crippen LogP contribution in [0.25, 0.3) is 0 Å². The van der Waals surface area contributed by atoms with Gasteiger partial charge in [0, 0.05) is 29.1 Å². The zero-order chi connectivity index (χ0) is 27.5. The SMILES string of the molecule is CC1=C(CCc2ccc(C(=O)NC3=CC(C)C4C=CC=CC4=C3)cc2)C2=C(CC3CCCCC3)N=CCC2CC1. The summed E-state index contributed by atoms with van der Waals surface area (Å²) in [6.45, 7) is 4.56. The smallest absolute Gasteiger partial charge is 0.255 e. The molecule has 0 bridgehead atoms. The number of nitrogens with zero attached hydrogens (tertiary/aromatic N) is 1. The average molecular weight is 533 g/mol. The first kappa shape index (κ1) is 27.0. The molecular weight excluding hydrogens is 488 g/mol. The number of aryl methyl sites for hydroxylation is 1. The first-order chi connectivity index (χ1) is 19.5. The number of nitrogens with one attached hydrogen (secondary N) is 1. The Bertz CT molecular complexity index is 1340. The summed E-state index contributed by atoms with van der Waals surface area (Å²) in [5.41, 5.74) is 10.3. The lowest BCUT2D eigenvalue weighted by Gasteiger charge is -2.34. The van der Waals surface area contributed by atoms with Crippen molar-refractivity contribution < 1.29 is 4.79 Å². The van der Waals surface area contributed by atoms with E-state index in [1.54, 1.807) is 16.7 Å². The minimum atomic E-state index is -0.0399. The number of amides is 1. The number of carbonyl (C=O) groups excluding carboxylic acids is 1. The first-order valence-corrected chi connectivity index (χ1v) is 15.7. The second-order valence-corrected chi connectivity index (χ2v) is 12.7. The van der Waals surface area contributed by atoms with E-state index < -0.39 is 0 Å². The highest BCUT2D eigenvalue weighted by Crippen LogP contribution is 2.44. The Balaban J connectivity index is 1.11. The molecule has 3 nitrogen and oxygen atoms in total. The molecule has 1 amide bonds. The monoisotopic (exact) mass is 532 g/mol. The summed E-state index contributed by atoms with van der Waals surface area (Å²) < 4.78 is 0. The van der Waals surface area contributed by atoms with Crippen molar-refractivity contribution in [1.82, 2.24) is 5.32 Å². The molecule has 1 N–H and O–H groups in total. The molecule has 1 saturated carbocycles. The van der Waals surface area contributed by atoms with E-state index in [1.165, 1.54) is 68.2 Å². The van der Waals surface area contributed by atoms with Gasteiger partial charge in [0.1, 0.15) is 0 Å². The maximum atomic E-state index is 13.1. The predicted molar refractivity (Wildman–Crippen MR) is 166 cm³/mol. The van der Waals surface area contributed by atoms with Crippen molar-refractivity contribution in [3.8, 4) is 0 Å². The topological polar surface area (TPSA) is 41.5 Å². The summed E-state index contributed by atoms with van der Waals surface area (Å²) in [6, 6.07) is 8.26. The van der Waals surface area contributed by atoms with Crippen molar-refractivity contribution in [2.75, 3.05) is 0 Å². The minimum absolute atomic E-state index is 0.0399. The van der Waals surface area contributed by atoms with Gasteiger partial charge in [0.25, 0.3) is 5.91 Å². The molecule has 3 heteroatoms. The Morgan fingerprint density at radius 1 is 1.02 bits per heavy atom. The van der Waals surface area contributed by atoms with Crippen LogP contribution in [-0.4, -0.2) is 12.1 Å². The van der Waals surface area contributed by atoms with E-state index in [1.807, 2.05) is 12.1 Å². The van der Waals surface area contributed by atoms with Gasteiger partial charge in [-0.2, -0.15) is 0 Å². The molecule has 1 aromatic rings. The molecule has 208 valence electrons. The van der Waals surface area contributed by atoms with Gasteiger partial charge in [0.2, 0.25) is 0 Å². The summed E-state index contributed by atoms with van der Waals surface area (Å²) in [6.07, 6.45) is 28.8. The molecule has 5 aliphatic rings. The number of hydrogen-bond acceptors (Lipinski definition) is 2. The molecule has 6 rings (SSSR count). The molecule has 1 aliphatic heterocycles. The number of fused-ring (bicyclic) bond motifs is 2. The number of carbonyl (C=O) groups is 1. The van der Waals surface area contributed by atoms with E-state index in [0.717, 1.165) is 30.9 Å². The Morgan fingerprint density at radius 2 is 1.85 bits per heavy atom. The van der Waals surface area contributed by atoms with Crippen LogP contribution in [0, 0.1) is 23.7 Å². The van der Waals surface area contributed by atoms with Crippen LogP contribution in [-0.2, 0) is 6.42 Å². The summed E-state index contributed by atoms with van der Waals surface area (Å²) in [5, 5.41) is 3.14. The van der Waals surface area contributed by atoms with E-state index in [2.05, 4.69) is 74.0 Å². The molecule has 3 atom stereocenters. The van der Waals surface area contributed by atoms with Crippen LogP contribution in [0.3, 0.4) is 0 Å². The number of benzene rings is 1. The lowest BCUT2D eigenvalue weighted by atomic mass is 9.73. The lowest BCUT2D eigenvalue weighted by Crippen LogP contribution is -2.26. The van der Waals surface area contributed by atoms with Crippen LogP contribution in [0.4, 0.5) is 0 Å². The average Bonchev–Trinajstić information content (AvgIpc) is 2.98. The molecule has 1 aromatic carbocycles. The molecule has 0 aromatic heterocycles. The highest BCUT2D eigenvalue weighted by molar-refractivity contribution is 5.95. The molecule has 0 radical (unpaired) electrons. The van der Waals surface area contributed by atoms with Gasteiger partial charge in [-0.25, -0.2) is 0 Å². The fourth-order valence-corrected chi connectivity index (χ4v) is 7.53.